The summed E-state index contributed by atoms with van der Waals surface area (Å²) >= 11 is 3.85. The number of amides is 2. The maximum absolute atomic E-state index is 11.9. The molecule has 0 rings (SSSR count). The highest BCUT2D eigenvalue weighted by molar-refractivity contribution is 7.80. The number of hydrogen-bond donors (Lipinski definition) is 6. The molecule has 0 aliphatic carbocycles. The molecule has 0 aliphatic rings. The van der Waals surface area contributed by atoms with Gasteiger partial charge < -0.3 is 26.6 Å². The molecular formula is C12H23N3O5S. The van der Waals surface area contributed by atoms with E-state index in [1.54, 1.807) is 0 Å². The minimum Gasteiger partial charge on any atom is -0.480 e. The Morgan fingerprint density at radius 3 is 2.05 bits per heavy atom. The van der Waals surface area contributed by atoms with E-state index in [-0.39, 0.29) is 18.1 Å². The van der Waals surface area contributed by atoms with Gasteiger partial charge in [-0.2, -0.15) is 12.6 Å². The first kappa shape index (κ1) is 19.7. The van der Waals surface area contributed by atoms with E-state index in [9.17, 15) is 14.4 Å². The Labute approximate surface area is 128 Å². The molecule has 0 aromatic heterocycles. The molecule has 0 radical (unpaired) electrons. The molecule has 3 unspecified atom stereocenters. The van der Waals surface area contributed by atoms with E-state index in [2.05, 4.69) is 23.3 Å². The number of carbonyl (C=O) groups excluding carboxylic acids is 2. The number of carboxylic acids is 1. The van der Waals surface area contributed by atoms with Gasteiger partial charge in [-0.1, -0.05) is 13.8 Å². The Bertz CT molecular complexity index is 378. The van der Waals surface area contributed by atoms with Crippen molar-refractivity contribution in [2.75, 3.05) is 12.4 Å². The Kier molecular flexibility index (Phi) is 8.98. The van der Waals surface area contributed by atoms with E-state index in [1.165, 1.54) is 0 Å². The molecule has 0 bridgehead atoms. The molecule has 3 atom stereocenters. The molecule has 9 heteroatoms. The highest BCUT2D eigenvalue weighted by Crippen LogP contribution is 2.05. The Morgan fingerprint density at radius 2 is 1.67 bits per heavy atom. The fourth-order valence-electron chi connectivity index (χ4n) is 1.52. The highest BCUT2D eigenvalue weighted by Gasteiger charge is 2.27. The first-order chi connectivity index (χ1) is 9.72. The van der Waals surface area contributed by atoms with Gasteiger partial charge in [0.05, 0.1) is 12.6 Å². The molecule has 0 aromatic carbocycles. The van der Waals surface area contributed by atoms with Crippen LogP contribution >= 0.6 is 12.6 Å². The number of carboxylic acid groups (broad SMARTS) is 1. The zero-order chi connectivity index (χ0) is 16.6. The molecule has 0 fully saturated rings. The van der Waals surface area contributed by atoms with Crippen molar-refractivity contribution in [3.05, 3.63) is 0 Å². The summed E-state index contributed by atoms with van der Waals surface area (Å²) in [6.45, 7) is 2.98. The summed E-state index contributed by atoms with van der Waals surface area (Å²) in [5, 5.41) is 22.7. The van der Waals surface area contributed by atoms with Crippen LogP contribution in [0.3, 0.4) is 0 Å². The SMILES string of the molecule is CC(C)CC(NC(=O)C(CO)NC(=O)C(N)CS)C(=O)O. The molecule has 0 saturated heterocycles. The lowest BCUT2D eigenvalue weighted by molar-refractivity contribution is -0.143. The van der Waals surface area contributed by atoms with Gasteiger partial charge in [0.2, 0.25) is 11.8 Å². The topological polar surface area (TPSA) is 142 Å². The van der Waals surface area contributed by atoms with Crippen LogP contribution in [0.1, 0.15) is 20.3 Å². The van der Waals surface area contributed by atoms with Crippen LogP contribution in [-0.2, 0) is 14.4 Å². The Hall–Kier alpha value is -1.32. The number of nitrogens with two attached hydrogens (primary N) is 1. The monoisotopic (exact) mass is 321 g/mol. The van der Waals surface area contributed by atoms with Gasteiger partial charge in [0.25, 0.3) is 0 Å². The zero-order valence-electron chi connectivity index (χ0n) is 12.1. The van der Waals surface area contributed by atoms with Crippen molar-refractivity contribution in [2.24, 2.45) is 11.7 Å². The van der Waals surface area contributed by atoms with Crippen LogP contribution in [0.15, 0.2) is 0 Å². The number of rotatable bonds is 9. The van der Waals surface area contributed by atoms with Gasteiger partial charge in [-0.25, -0.2) is 4.79 Å². The van der Waals surface area contributed by atoms with Crippen molar-refractivity contribution in [1.29, 1.82) is 0 Å². The van der Waals surface area contributed by atoms with Crippen molar-refractivity contribution in [3.8, 4) is 0 Å². The van der Waals surface area contributed by atoms with E-state index >= 15 is 0 Å². The quantitative estimate of drug-likeness (QED) is 0.281. The van der Waals surface area contributed by atoms with Gasteiger partial charge in [0, 0.05) is 5.75 Å². The van der Waals surface area contributed by atoms with E-state index < -0.39 is 42.5 Å². The van der Waals surface area contributed by atoms with E-state index in [1.807, 2.05) is 13.8 Å². The summed E-state index contributed by atoms with van der Waals surface area (Å²) in [6, 6.07) is -3.25. The zero-order valence-corrected chi connectivity index (χ0v) is 13.0. The standard InChI is InChI=1S/C12H23N3O5S/c1-6(2)3-8(12(19)20)14-11(18)9(4-16)15-10(17)7(13)5-21/h6-9,16,21H,3-5,13H2,1-2H3,(H,14,18)(H,15,17)(H,19,20). The average Bonchev–Trinajstić information content (AvgIpc) is 2.41. The molecule has 2 amide bonds. The van der Waals surface area contributed by atoms with Crippen LogP contribution in [0, 0.1) is 5.92 Å². The van der Waals surface area contributed by atoms with E-state index in [0.29, 0.717) is 0 Å². The van der Waals surface area contributed by atoms with Crippen LogP contribution in [0.25, 0.3) is 0 Å². The molecule has 6 N–H and O–H groups in total. The summed E-state index contributed by atoms with van der Waals surface area (Å²) in [7, 11) is 0. The third-order valence-electron chi connectivity index (χ3n) is 2.67. The molecule has 0 aliphatic heterocycles. The maximum atomic E-state index is 11.9. The highest BCUT2D eigenvalue weighted by atomic mass is 32.1. The summed E-state index contributed by atoms with van der Waals surface area (Å²) < 4.78 is 0. The van der Waals surface area contributed by atoms with Crippen molar-refractivity contribution in [1.82, 2.24) is 10.6 Å². The smallest absolute Gasteiger partial charge is 0.326 e. The molecule has 122 valence electrons. The molecule has 8 nitrogen and oxygen atoms in total. The molecule has 0 saturated carbocycles. The van der Waals surface area contributed by atoms with Crippen LogP contribution in [0.2, 0.25) is 0 Å². The fraction of sp³-hybridized carbons (Fsp3) is 0.750. The molecule has 0 heterocycles. The third kappa shape index (κ3) is 7.30. The lowest BCUT2D eigenvalue weighted by Gasteiger charge is -2.22. The second kappa shape index (κ2) is 9.59. The number of aliphatic hydroxyl groups is 1. The number of aliphatic carboxylic acids is 1. The van der Waals surface area contributed by atoms with Crippen LogP contribution in [0.4, 0.5) is 0 Å². The van der Waals surface area contributed by atoms with Gasteiger partial charge in [0.15, 0.2) is 0 Å². The normalized spacial score (nSPS) is 15.1. The summed E-state index contributed by atoms with van der Waals surface area (Å²) in [6.07, 6.45) is 0.239. The van der Waals surface area contributed by atoms with Gasteiger partial charge >= 0.3 is 5.97 Å². The second-order valence-corrected chi connectivity index (χ2v) is 5.43. The number of thiol groups is 1. The first-order valence-corrected chi connectivity index (χ1v) is 7.17. The van der Waals surface area contributed by atoms with Crippen LogP contribution < -0.4 is 16.4 Å². The van der Waals surface area contributed by atoms with Crippen LogP contribution in [-0.4, -0.2) is 58.5 Å². The van der Waals surface area contributed by atoms with Crippen molar-refractivity contribution >= 4 is 30.4 Å². The van der Waals surface area contributed by atoms with Crippen molar-refractivity contribution in [2.45, 2.75) is 38.4 Å². The first-order valence-electron chi connectivity index (χ1n) is 6.53. The summed E-state index contributed by atoms with van der Waals surface area (Å²) in [5.41, 5.74) is 5.44. The average molecular weight is 321 g/mol. The predicted octanol–water partition coefficient (Wildman–Crippen LogP) is -1.66. The minimum absolute atomic E-state index is 0.0613. The molecule has 0 aromatic rings. The van der Waals surface area contributed by atoms with E-state index in [0.717, 1.165) is 0 Å². The fourth-order valence-corrected chi connectivity index (χ4v) is 1.69. The maximum Gasteiger partial charge on any atom is 0.326 e. The molecule has 21 heavy (non-hydrogen) atoms. The number of nitrogens with one attached hydrogen (secondary N) is 2. The number of aliphatic hydroxyl groups excluding tert-OH is 1. The number of carbonyl (C=O) groups is 3. The largest absolute Gasteiger partial charge is 0.480 e. The summed E-state index contributed by atoms with van der Waals surface area (Å²) in [5.74, 6) is -2.45. The Balaban J connectivity index is 4.69. The lowest BCUT2D eigenvalue weighted by Crippen LogP contribution is -2.56. The minimum atomic E-state index is -1.25. The van der Waals surface area contributed by atoms with Gasteiger partial charge in [0.1, 0.15) is 12.1 Å². The second-order valence-electron chi connectivity index (χ2n) is 5.06. The van der Waals surface area contributed by atoms with Gasteiger partial charge in [-0.3, -0.25) is 9.59 Å². The number of hydrogen-bond acceptors (Lipinski definition) is 6. The molecular weight excluding hydrogens is 298 g/mol. The van der Waals surface area contributed by atoms with Crippen LogP contribution in [0.5, 0.6) is 0 Å². The van der Waals surface area contributed by atoms with E-state index in [4.69, 9.17) is 15.9 Å². The van der Waals surface area contributed by atoms with Crippen molar-refractivity contribution < 1.29 is 24.6 Å². The summed E-state index contributed by atoms with van der Waals surface area (Å²) in [4.78, 5) is 34.5. The molecule has 0 spiro atoms. The van der Waals surface area contributed by atoms with Crippen molar-refractivity contribution in [3.63, 3.8) is 0 Å². The predicted molar refractivity (Wildman–Crippen MR) is 79.9 cm³/mol. The van der Waals surface area contributed by atoms with Gasteiger partial charge in [-0.05, 0) is 12.3 Å². The van der Waals surface area contributed by atoms with Gasteiger partial charge in [-0.15, -0.1) is 0 Å². The third-order valence-corrected chi connectivity index (χ3v) is 3.06. The lowest BCUT2D eigenvalue weighted by atomic mass is 10.0. The Morgan fingerprint density at radius 1 is 1.14 bits per heavy atom.